The summed E-state index contributed by atoms with van der Waals surface area (Å²) >= 11 is 0. The Labute approximate surface area is 132 Å². The zero-order chi connectivity index (χ0) is 15.5. The summed E-state index contributed by atoms with van der Waals surface area (Å²) < 4.78 is 0. The summed E-state index contributed by atoms with van der Waals surface area (Å²) in [6.07, 6.45) is 3.24. The van der Waals surface area contributed by atoms with Crippen LogP contribution in [0.3, 0.4) is 0 Å². The first-order chi connectivity index (χ1) is 10.6. The highest BCUT2D eigenvalue weighted by molar-refractivity contribution is 5.73. The molecular formula is C20H23NO. The molecule has 22 heavy (non-hydrogen) atoms. The smallest absolute Gasteiger partial charge is 0.217 e. The molecule has 3 rings (SSSR count). The largest absolute Gasteiger partial charge is 0.349 e. The summed E-state index contributed by atoms with van der Waals surface area (Å²) in [7, 11) is 0. The van der Waals surface area contributed by atoms with Gasteiger partial charge in [0.05, 0.1) is 6.04 Å². The van der Waals surface area contributed by atoms with Crippen LogP contribution < -0.4 is 5.32 Å². The Morgan fingerprint density at radius 3 is 2.77 bits per heavy atom. The van der Waals surface area contributed by atoms with E-state index in [4.69, 9.17) is 0 Å². The van der Waals surface area contributed by atoms with E-state index in [0.717, 1.165) is 19.3 Å². The number of carbonyl (C=O) groups is 1. The average molecular weight is 293 g/mol. The molecule has 2 aromatic rings. The molecule has 2 aromatic carbocycles. The quantitative estimate of drug-likeness (QED) is 0.911. The minimum Gasteiger partial charge on any atom is -0.349 e. The standard InChI is InChI=1S/C20H23NO/c1-14-6-5-7-16(12-14)13-18-11-10-17-8-3-4-9-19(17)20(18)21-15(2)22/h3-9,12,18,20H,10-11,13H2,1-2H3,(H,21,22). The van der Waals surface area contributed by atoms with Crippen LogP contribution in [-0.2, 0) is 17.6 Å². The molecule has 0 bridgehead atoms. The number of hydrogen-bond acceptors (Lipinski definition) is 1. The second-order valence-corrected chi connectivity index (χ2v) is 6.37. The van der Waals surface area contributed by atoms with Gasteiger partial charge in [-0.15, -0.1) is 0 Å². The molecule has 0 heterocycles. The number of nitrogens with one attached hydrogen (secondary N) is 1. The topological polar surface area (TPSA) is 29.1 Å². The molecule has 1 amide bonds. The van der Waals surface area contributed by atoms with E-state index in [9.17, 15) is 4.79 Å². The summed E-state index contributed by atoms with van der Waals surface area (Å²) in [5, 5.41) is 3.18. The fourth-order valence-corrected chi connectivity index (χ4v) is 3.60. The second kappa shape index (κ2) is 6.35. The molecule has 1 aliphatic carbocycles. The van der Waals surface area contributed by atoms with Crippen molar-refractivity contribution in [1.29, 1.82) is 0 Å². The molecular weight excluding hydrogens is 270 g/mol. The molecule has 0 saturated carbocycles. The number of carbonyl (C=O) groups excluding carboxylic acids is 1. The summed E-state index contributed by atoms with van der Waals surface area (Å²) in [6.45, 7) is 3.74. The van der Waals surface area contributed by atoms with Crippen molar-refractivity contribution in [3.63, 3.8) is 0 Å². The molecule has 0 radical (unpaired) electrons. The number of aryl methyl sites for hydroxylation is 2. The van der Waals surface area contributed by atoms with Crippen LogP contribution in [0.4, 0.5) is 0 Å². The van der Waals surface area contributed by atoms with Gasteiger partial charge in [0.15, 0.2) is 0 Å². The van der Waals surface area contributed by atoms with Gasteiger partial charge in [-0.25, -0.2) is 0 Å². The second-order valence-electron chi connectivity index (χ2n) is 6.37. The number of amides is 1. The highest BCUT2D eigenvalue weighted by atomic mass is 16.1. The molecule has 2 atom stereocenters. The van der Waals surface area contributed by atoms with Crippen LogP contribution in [0.5, 0.6) is 0 Å². The van der Waals surface area contributed by atoms with Crippen molar-refractivity contribution in [3.8, 4) is 0 Å². The van der Waals surface area contributed by atoms with Crippen LogP contribution in [0.25, 0.3) is 0 Å². The molecule has 1 aliphatic rings. The predicted molar refractivity (Wildman–Crippen MR) is 89.7 cm³/mol. The Morgan fingerprint density at radius 1 is 1.18 bits per heavy atom. The third-order valence-electron chi connectivity index (χ3n) is 4.59. The van der Waals surface area contributed by atoms with Gasteiger partial charge in [0.25, 0.3) is 0 Å². The maximum absolute atomic E-state index is 11.7. The fourth-order valence-electron chi connectivity index (χ4n) is 3.60. The van der Waals surface area contributed by atoms with E-state index in [1.165, 1.54) is 22.3 Å². The van der Waals surface area contributed by atoms with E-state index in [1.807, 2.05) is 0 Å². The Kier molecular flexibility index (Phi) is 4.28. The maximum atomic E-state index is 11.7. The van der Waals surface area contributed by atoms with Crippen molar-refractivity contribution in [1.82, 2.24) is 5.32 Å². The molecule has 2 unspecified atom stereocenters. The molecule has 2 nitrogen and oxygen atoms in total. The van der Waals surface area contributed by atoms with Crippen LogP contribution in [0.15, 0.2) is 48.5 Å². The van der Waals surface area contributed by atoms with Crippen LogP contribution in [0.1, 0.15) is 41.6 Å². The van der Waals surface area contributed by atoms with E-state index >= 15 is 0 Å². The highest BCUT2D eigenvalue weighted by Crippen LogP contribution is 2.36. The fraction of sp³-hybridized carbons (Fsp3) is 0.350. The van der Waals surface area contributed by atoms with Crippen molar-refractivity contribution < 1.29 is 4.79 Å². The van der Waals surface area contributed by atoms with Gasteiger partial charge in [0.1, 0.15) is 0 Å². The monoisotopic (exact) mass is 293 g/mol. The molecule has 0 aromatic heterocycles. The summed E-state index contributed by atoms with van der Waals surface area (Å²) in [5.41, 5.74) is 5.33. The number of rotatable bonds is 3. The first kappa shape index (κ1) is 14.8. The van der Waals surface area contributed by atoms with Gasteiger partial charge in [0, 0.05) is 6.92 Å². The van der Waals surface area contributed by atoms with E-state index in [0.29, 0.717) is 5.92 Å². The molecule has 2 heteroatoms. The predicted octanol–water partition coefficient (Wildman–Crippen LogP) is 3.98. The highest BCUT2D eigenvalue weighted by Gasteiger charge is 2.29. The van der Waals surface area contributed by atoms with Crippen LogP contribution >= 0.6 is 0 Å². The zero-order valence-electron chi connectivity index (χ0n) is 13.3. The molecule has 1 N–H and O–H groups in total. The van der Waals surface area contributed by atoms with Gasteiger partial charge >= 0.3 is 0 Å². The van der Waals surface area contributed by atoms with Crippen molar-refractivity contribution in [2.45, 2.75) is 39.2 Å². The lowest BCUT2D eigenvalue weighted by molar-refractivity contribution is -0.120. The Bertz CT molecular complexity index is 677. The molecule has 0 aliphatic heterocycles. The van der Waals surface area contributed by atoms with Gasteiger partial charge in [-0.05, 0) is 48.8 Å². The van der Waals surface area contributed by atoms with Gasteiger partial charge in [-0.2, -0.15) is 0 Å². The first-order valence-corrected chi connectivity index (χ1v) is 8.04. The zero-order valence-corrected chi connectivity index (χ0v) is 13.3. The molecule has 0 saturated heterocycles. The van der Waals surface area contributed by atoms with Crippen molar-refractivity contribution in [2.24, 2.45) is 5.92 Å². The molecule has 114 valence electrons. The van der Waals surface area contributed by atoms with Crippen molar-refractivity contribution in [3.05, 3.63) is 70.8 Å². The van der Waals surface area contributed by atoms with Crippen molar-refractivity contribution in [2.75, 3.05) is 0 Å². The van der Waals surface area contributed by atoms with E-state index in [2.05, 4.69) is 60.8 Å². The lowest BCUT2D eigenvalue weighted by atomic mass is 9.77. The summed E-state index contributed by atoms with van der Waals surface area (Å²) in [5.74, 6) is 0.511. The van der Waals surface area contributed by atoms with Crippen LogP contribution in [-0.4, -0.2) is 5.91 Å². The lowest BCUT2D eigenvalue weighted by Gasteiger charge is -2.34. The van der Waals surface area contributed by atoms with E-state index in [-0.39, 0.29) is 11.9 Å². The van der Waals surface area contributed by atoms with Crippen LogP contribution in [0.2, 0.25) is 0 Å². The van der Waals surface area contributed by atoms with E-state index < -0.39 is 0 Å². The number of hydrogen-bond donors (Lipinski definition) is 1. The van der Waals surface area contributed by atoms with Gasteiger partial charge in [-0.1, -0.05) is 54.1 Å². The van der Waals surface area contributed by atoms with E-state index in [1.54, 1.807) is 6.92 Å². The summed E-state index contributed by atoms with van der Waals surface area (Å²) in [4.78, 5) is 11.7. The van der Waals surface area contributed by atoms with Crippen LogP contribution in [0, 0.1) is 12.8 Å². The third kappa shape index (κ3) is 3.22. The minimum absolute atomic E-state index is 0.0518. The third-order valence-corrected chi connectivity index (χ3v) is 4.59. The van der Waals surface area contributed by atoms with Gasteiger partial charge in [-0.3, -0.25) is 4.79 Å². The maximum Gasteiger partial charge on any atom is 0.217 e. The summed E-state index contributed by atoms with van der Waals surface area (Å²) in [6, 6.07) is 17.3. The molecule has 0 fully saturated rings. The number of benzene rings is 2. The Morgan fingerprint density at radius 2 is 2.00 bits per heavy atom. The Balaban J connectivity index is 1.88. The van der Waals surface area contributed by atoms with Crippen molar-refractivity contribution >= 4 is 5.91 Å². The van der Waals surface area contributed by atoms with Gasteiger partial charge in [0.2, 0.25) is 5.91 Å². The first-order valence-electron chi connectivity index (χ1n) is 8.04. The van der Waals surface area contributed by atoms with Gasteiger partial charge < -0.3 is 5.32 Å². The number of fused-ring (bicyclic) bond motifs is 1. The molecule has 0 spiro atoms. The Hall–Kier alpha value is -2.09. The SMILES string of the molecule is CC(=O)NC1c2ccccc2CCC1Cc1cccc(C)c1. The normalized spacial score (nSPS) is 20.3. The minimum atomic E-state index is 0.0518. The average Bonchev–Trinajstić information content (AvgIpc) is 2.49. The lowest BCUT2D eigenvalue weighted by Crippen LogP contribution is -2.36.